The lowest BCUT2D eigenvalue weighted by Gasteiger charge is -2.25. The molecule has 12 nitrogen and oxygen atoms in total. The lowest BCUT2D eigenvalue weighted by molar-refractivity contribution is -0.143. The van der Waals surface area contributed by atoms with Crippen LogP contribution in [0.3, 0.4) is 0 Å². The molecule has 0 unspecified atom stereocenters. The van der Waals surface area contributed by atoms with Crippen molar-refractivity contribution >= 4 is 41.4 Å². The molecule has 0 spiro atoms. The highest BCUT2D eigenvalue weighted by atomic mass is 32.2. The Hall–Kier alpha value is -3.32. The van der Waals surface area contributed by atoms with Crippen LogP contribution in [0.4, 0.5) is 0 Å². The molecule has 13 heteroatoms. The molecule has 1 rings (SSSR count). The maximum atomic E-state index is 13.1. The van der Waals surface area contributed by atoms with Gasteiger partial charge < -0.3 is 37.0 Å². The fourth-order valence-electron chi connectivity index (χ4n) is 2.95. The number of carboxylic acid groups (broad SMARTS) is 2. The van der Waals surface area contributed by atoms with Gasteiger partial charge in [0.1, 0.15) is 23.9 Å². The van der Waals surface area contributed by atoms with Gasteiger partial charge >= 0.3 is 11.9 Å². The Morgan fingerprint density at radius 1 is 0.886 bits per heavy atom. The third kappa shape index (κ3) is 11.1. The number of carboxylic acids is 2. The minimum absolute atomic E-state index is 0.0269. The highest BCUT2D eigenvalue weighted by Gasteiger charge is 2.30. The van der Waals surface area contributed by atoms with E-state index in [1.54, 1.807) is 18.4 Å². The van der Waals surface area contributed by atoms with Gasteiger partial charge in [-0.05, 0) is 49.5 Å². The van der Waals surface area contributed by atoms with E-state index in [1.807, 2.05) is 0 Å². The topological polar surface area (TPSA) is 208 Å². The molecular weight excluding hydrogens is 480 g/mol. The van der Waals surface area contributed by atoms with Crippen LogP contribution in [0.2, 0.25) is 0 Å². The number of rotatable bonds is 15. The molecule has 0 radical (unpaired) electrons. The van der Waals surface area contributed by atoms with Crippen LogP contribution in [0, 0.1) is 0 Å². The zero-order valence-corrected chi connectivity index (χ0v) is 20.3. The molecule has 194 valence electrons. The summed E-state index contributed by atoms with van der Waals surface area (Å²) in [6, 6.07) is 1.42. The third-order valence-electron chi connectivity index (χ3n) is 4.93. The summed E-state index contributed by atoms with van der Waals surface area (Å²) in [6.07, 6.45) is 1.21. The van der Waals surface area contributed by atoms with Crippen LogP contribution in [0.15, 0.2) is 24.3 Å². The molecule has 8 N–H and O–H groups in total. The van der Waals surface area contributed by atoms with Crippen LogP contribution >= 0.6 is 11.8 Å². The fraction of sp³-hybridized carbons (Fsp3) is 0.500. The van der Waals surface area contributed by atoms with Crippen molar-refractivity contribution in [3.05, 3.63) is 29.8 Å². The number of carbonyl (C=O) groups is 5. The number of nitrogens with two attached hydrogens (primary N) is 1. The number of aliphatic carboxylic acids is 2. The molecule has 0 aliphatic carbocycles. The summed E-state index contributed by atoms with van der Waals surface area (Å²) in [5.41, 5.74) is 6.23. The van der Waals surface area contributed by atoms with E-state index >= 15 is 0 Å². The number of hydrogen-bond acceptors (Lipinski definition) is 8. The number of phenolic OH excluding ortho intramolecular Hbond substituents is 1. The molecule has 0 fully saturated rings. The molecule has 35 heavy (non-hydrogen) atoms. The molecule has 0 aromatic heterocycles. The van der Waals surface area contributed by atoms with Crippen molar-refractivity contribution in [3.63, 3.8) is 0 Å². The molecule has 0 aliphatic rings. The summed E-state index contributed by atoms with van der Waals surface area (Å²) >= 11 is 1.41. The Morgan fingerprint density at radius 2 is 1.43 bits per heavy atom. The standard InChI is InChI=1S/C22H32N4O8S/c1-12(23)19(30)26-17(11-13-3-5-14(27)6-4-13)21(32)24-15(9-10-35-2)20(31)25-16(22(33)34)7-8-18(28)29/h3-6,12,15-17,27H,7-11,23H2,1-2H3,(H,24,32)(H,25,31)(H,26,30)(H,28,29)(H,33,34)/t12-,15-,16-,17-/m0/s1. The van der Waals surface area contributed by atoms with Gasteiger partial charge in [0.15, 0.2) is 0 Å². The molecular formula is C22H32N4O8S. The first kappa shape index (κ1) is 29.7. The minimum atomic E-state index is -1.45. The number of phenols is 1. The van der Waals surface area contributed by atoms with Crippen molar-refractivity contribution in [2.45, 2.75) is 56.8 Å². The van der Waals surface area contributed by atoms with Crippen molar-refractivity contribution in [3.8, 4) is 5.75 Å². The summed E-state index contributed by atoms with van der Waals surface area (Å²) in [5.74, 6) is -4.19. The number of thioether (sulfide) groups is 1. The van der Waals surface area contributed by atoms with E-state index in [9.17, 15) is 34.2 Å². The van der Waals surface area contributed by atoms with Gasteiger partial charge in [-0.15, -0.1) is 0 Å². The molecule has 0 bridgehead atoms. The van der Waals surface area contributed by atoms with Crippen LogP contribution in [-0.2, 0) is 30.4 Å². The van der Waals surface area contributed by atoms with Crippen molar-refractivity contribution in [1.82, 2.24) is 16.0 Å². The first-order chi connectivity index (χ1) is 16.4. The maximum absolute atomic E-state index is 13.1. The van der Waals surface area contributed by atoms with E-state index in [2.05, 4.69) is 16.0 Å². The molecule has 0 heterocycles. The Kier molecular flexibility index (Phi) is 12.6. The Balaban J connectivity index is 3.04. The van der Waals surface area contributed by atoms with E-state index in [-0.39, 0.29) is 25.0 Å². The zero-order chi connectivity index (χ0) is 26.5. The second-order valence-electron chi connectivity index (χ2n) is 7.89. The molecule has 0 saturated heterocycles. The van der Waals surface area contributed by atoms with Gasteiger partial charge in [0.2, 0.25) is 17.7 Å². The van der Waals surface area contributed by atoms with Gasteiger partial charge in [0, 0.05) is 12.8 Å². The first-order valence-electron chi connectivity index (χ1n) is 10.8. The SMILES string of the molecule is CSCC[C@H](NC(=O)[C@H](Cc1ccc(O)cc1)NC(=O)[C@H](C)N)C(=O)N[C@@H](CCC(=O)O)C(=O)O. The fourth-order valence-corrected chi connectivity index (χ4v) is 3.43. The van der Waals surface area contributed by atoms with E-state index < -0.39 is 60.2 Å². The predicted molar refractivity (Wildman–Crippen MR) is 129 cm³/mol. The summed E-state index contributed by atoms with van der Waals surface area (Å²) in [7, 11) is 0. The summed E-state index contributed by atoms with van der Waals surface area (Å²) in [6.45, 7) is 1.45. The average molecular weight is 513 g/mol. The van der Waals surface area contributed by atoms with Crippen molar-refractivity contribution in [2.75, 3.05) is 12.0 Å². The number of nitrogens with one attached hydrogen (secondary N) is 3. The second-order valence-corrected chi connectivity index (χ2v) is 8.88. The second kappa shape index (κ2) is 14.8. The summed E-state index contributed by atoms with van der Waals surface area (Å²) < 4.78 is 0. The van der Waals surface area contributed by atoms with Crippen molar-refractivity contribution in [1.29, 1.82) is 0 Å². The Bertz CT molecular complexity index is 894. The summed E-state index contributed by atoms with van der Waals surface area (Å²) in [5, 5.41) is 35.0. The minimum Gasteiger partial charge on any atom is -0.508 e. The van der Waals surface area contributed by atoms with E-state index in [0.717, 1.165) is 0 Å². The van der Waals surface area contributed by atoms with Gasteiger partial charge in [-0.2, -0.15) is 11.8 Å². The quantitative estimate of drug-likeness (QED) is 0.159. The Morgan fingerprint density at radius 3 is 1.94 bits per heavy atom. The Labute approximate surface area is 207 Å². The van der Waals surface area contributed by atoms with Crippen molar-refractivity contribution in [2.24, 2.45) is 5.73 Å². The molecule has 0 saturated carbocycles. The lowest BCUT2D eigenvalue weighted by Crippen LogP contribution is -2.57. The van der Waals surface area contributed by atoms with E-state index in [0.29, 0.717) is 11.3 Å². The maximum Gasteiger partial charge on any atom is 0.326 e. The van der Waals surface area contributed by atoms with Gasteiger partial charge in [-0.1, -0.05) is 12.1 Å². The predicted octanol–water partition coefficient (Wildman–Crippen LogP) is -0.561. The van der Waals surface area contributed by atoms with Crippen LogP contribution in [0.5, 0.6) is 5.75 Å². The number of aromatic hydroxyl groups is 1. The molecule has 4 atom stereocenters. The smallest absolute Gasteiger partial charge is 0.326 e. The molecule has 1 aromatic carbocycles. The third-order valence-corrected chi connectivity index (χ3v) is 5.57. The first-order valence-corrected chi connectivity index (χ1v) is 12.2. The van der Waals surface area contributed by atoms with E-state index in [1.165, 1.54) is 30.8 Å². The normalized spacial score (nSPS) is 14.1. The van der Waals surface area contributed by atoms with Gasteiger partial charge in [-0.25, -0.2) is 4.79 Å². The van der Waals surface area contributed by atoms with Crippen molar-refractivity contribution < 1.29 is 39.3 Å². The number of carbonyl (C=O) groups excluding carboxylic acids is 3. The van der Waals surface area contributed by atoms with Gasteiger partial charge in [-0.3, -0.25) is 19.2 Å². The zero-order valence-electron chi connectivity index (χ0n) is 19.5. The highest BCUT2D eigenvalue weighted by Crippen LogP contribution is 2.12. The van der Waals surface area contributed by atoms with Crippen LogP contribution in [0.1, 0.15) is 31.7 Å². The highest BCUT2D eigenvalue weighted by molar-refractivity contribution is 7.98. The largest absolute Gasteiger partial charge is 0.508 e. The molecule has 1 aromatic rings. The number of hydrogen-bond donors (Lipinski definition) is 7. The lowest BCUT2D eigenvalue weighted by atomic mass is 10.0. The van der Waals surface area contributed by atoms with Crippen LogP contribution in [0.25, 0.3) is 0 Å². The van der Waals surface area contributed by atoms with Gasteiger partial charge in [0.05, 0.1) is 6.04 Å². The number of amides is 3. The van der Waals surface area contributed by atoms with Gasteiger partial charge in [0.25, 0.3) is 0 Å². The van der Waals surface area contributed by atoms with E-state index in [4.69, 9.17) is 10.8 Å². The summed E-state index contributed by atoms with van der Waals surface area (Å²) in [4.78, 5) is 60.3. The molecule has 3 amide bonds. The van der Waals surface area contributed by atoms with Crippen LogP contribution < -0.4 is 21.7 Å². The monoisotopic (exact) mass is 512 g/mol. The average Bonchev–Trinajstić information content (AvgIpc) is 2.79. The van der Waals surface area contributed by atoms with Crippen LogP contribution in [-0.4, -0.2) is 81.2 Å². The number of benzene rings is 1. The molecule has 0 aliphatic heterocycles.